The van der Waals surface area contributed by atoms with Gasteiger partial charge in [0.15, 0.2) is 0 Å². The predicted molar refractivity (Wildman–Crippen MR) is 47.0 cm³/mol. The van der Waals surface area contributed by atoms with Crippen LogP contribution in [0.4, 0.5) is 0 Å². The molecule has 5 heteroatoms. The summed E-state index contributed by atoms with van der Waals surface area (Å²) < 4.78 is 5.02. The Kier molecular flexibility index (Phi) is 3.24. The Morgan fingerprint density at radius 3 is 3.00 bits per heavy atom. The second-order valence-electron chi connectivity index (χ2n) is 3.53. The summed E-state index contributed by atoms with van der Waals surface area (Å²) in [7, 11) is 0. The van der Waals surface area contributed by atoms with E-state index in [1.165, 1.54) is 0 Å². The number of ether oxygens (including phenoxy) is 1. The minimum absolute atomic E-state index is 0.216. The number of hydrogen-bond donors (Lipinski definition) is 3. The van der Waals surface area contributed by atoms with E-state index in [0.717, 1.165) is 0 Å². The molecule has 0 radical (unpaired) electrons. The third-order valence-corrected chi connectivity index (χ3v) is 2.09. The molecule has 1 saturated heterocycles. The van der Waals surface area contributed by atoms with Crippen LogP contribution in [-0.2, 0) is 9.53 Å². The van der Waals surface area contributed by atoms with Crippen LogP contribution in [0.1, 0.15) is 13.3 Å². The Labute approximate surface area is 77.2 Å². The van der Waals surface area contributed by atoms with E-state index in [9.17, 15) is 9.90 Å². The maximum atomic E-state index is 11.1. The van der Waals surface area contributed by atoms with Gasteiger partial charge in [0.25, 0.3) is 0 Å². The highest BCUT2D eigenvalue weighted by Gasteiger charge is 2.32. The maximum Gasteiger partial charge on any atom is 0.236 e. The van der Waals surface area contributed by atoms with Crippen LogP contribution in [0.25, 0.3) is 0 Å². The highest BCUT2D eigenvalue weighted by molar-refractivity contribution is 5.81. The first-order chi connectivity index (χ1) is 6.03. The molecule has 0 aromatic heterocycles. The van der Waals surface area contributed by atoms with Gasteiger partial charge in [-0.05, 0) is 6.92 Å². The van der Waals surface area contributed by atoms with E-state index >= 15 is 0 Å². The summed E-state index contributed by atoms with van der Waals surface area (Å²) in [6.45, 7) is 2.65. The first kappa shape index (κ1) is 10.4. The first-order valence-electron chi connectivity index (χ1n) is 4.37. The third-order valence-electron chi connectivity index (χ3n) is 2.09. The molecule has 0 aliphatic carbocycles. The van der Waals surface area contributed by atoms with Crippen molar-refractivity contribution < 1.29 is 14.6 Å². The fourth-order valence-electron chi connectivity index (χ4n) is 1.15. The van der Waals surface area contributed by atoms with Gasteiger partial charge in [0.1, 0.15) is 5.60 Å². The molecule has 0 spiro atoms. The molecular formula is C8H16N2O3. The van der Waals surface area contributed by atoms with Crippen LogP contribution in [0.2, 0.25) is 0 Å². The van der Waals surface area contributed by atoms with Gasteiger partial charge in [-0.3, -0.25) is 4.79 Å². The van der Waals surface area contributed by atoms with Gasteiger partial charge in [0, 0.05) is 19.6 Å². The summed E-state index contributed by atoms with van der Waals surface area (Å²) in [6, 6.07) is -0.536. The van der Waals surface area contributed by atoms with Gasteiger partial charge in [0.2, 0.25) is 5.91 Å². The lowest BCUT2D eigenvalue weighted by Crippen LogP contribution is -2.47. The molecule has 1 rings (SSSR count). The molecule has 4 N–H and O–H groups in total. The van der Waals surface area contributed by atoms with Crippen molar-refractivity contribution in [2.24, 2.45) is 5.73 Å². The van der Waals surface area contributed by atoms with Crippen molar-refractivity contribution in [3.05, 3.63) is 0 Å². The van der Waals surface area contributed by atoms with E-state index in [-0.39, 0.29) is 19.1 Å². The molecule has 5 nitrogen and oxygen atoms in total. The van der Waals surface area contributed by atoms with Crippen LogP contribution in [-0.4, -0.2) is 42.4 Å². The summed E-state index contributed by atoms with van der Waals surface area (Å²) in [6.07, 6.45) is 0.562. The molecule has 0 bridgehead atoms. The number of nitrogens with one attached hydrogen (secondary N) is 1. The number of amides is 1. The zero-order valence-corrected chi connectivity index (χ0v) is 7.75. The molecule has 1 amide bonds. The van der Waals surface area contributed by atoms with Crippen LogP contribution in [0, 0.1) is 0 Å². The van der Waals surface area contributed by atoms with Crippen molar-refractivity contribution in [1.29, 1.82) is 0 Å². The molecule has 1 aliphatic heterocycles. The molecule has 0 aromatic carbocycles. The number of hydrogen-bond acceptors (Lipinski definition) is 4. The largest absolute Gasteiger partial charge is 0.386 e. The van der Waals surface area contributed by atoms with Gasteiger partial charge in [0.05, 0.1) is 12.6 Å². The minimum atomic E-state index is -0.898. The summed E-state index contributed by atoms with van der Waals surface area (Å²) in [5.41, 5.74) is 4.44. The molecule has 1 heterocycles. The summed E-state index contributed by atoms with van der Waals surface area (Å²) in [5, 5.41) is 12.3. The minimum Gasteiger partial charge on any atom is -0.386 e. The number of aliphatic hydroxyl groups is 1. The molecule has 0 aromatic rings. The molecule has 76 valence electrons. The Hall–Kier alpha value is -0.650. The summed E-state index contributed by atoms with van der Waals surface area (Å²) >= 11 is 0. The second-order valence-corrected chi connectivity index (χ2v) is 3.53. The average molecular weight is 188 g/mol. The first-order valence-corrected chi connectivity index (χ1v) is 4.37. The SMILES string of the molecule is CC(N)C(=O)NCC1(O)CCOC1. The topological polar surface area (TPSA) is 84.6 Å². The molecule has 1 fully saturated rings. The van der Waals surface area contributed by atoms with Gasteiger partial charge < -0.3 is 20.9 Å². The van der Waals surface area contributed by atoms with Crippen molar-refractivity contribution in [3.63, 3.8) is 0 Å². The predicted octanol–water partition coefficient (Wildman–Crippen LogP) is -1.40. The standard InChI is InChI=1S/C8H16N2O3/c1-6(9)7(11)10-4-8(12)2-3-13-5-8/h6,12H,2-5,9H2,1H3,(H,10,11). The van der Waals surface area contributed by atoms with E-state index < -0.39 is 11.6 Å². The van der Waals surface area contributed by atoms with Crippen molar-refractivity contribution in [3.8, 4) is 0 Å². The van der Waals surface area contributed by atoms with Crippen LogP contribution in [0.3, 0.4) is 0 Å². The lowest BCUT2D eigenvalue weighted by Gasteiger charge is -2.21. The smallest absolute Gasteiger partial charge is 0.236 e. The van der Waals surface area contributed by atoms with Crippen molar-refractivity contribution in [2.45, 2.75) is 25.0 Å². The molecule has 2 atom stereocenters. The van der Waals surface area contributed by atoms with Crippen LogP contribution in [0.15, 0.2) is 0 Å². The number of carbonyl (C=O) groups excluding carboxylic acids is 1. The quantitative estimate of drug-likeness (QED) is 0.508. The average Bonchev–Trinajstić information content (AvgIpc) is 2.48. The normalized spacial score (nSPS) is 30.1. The van der Waals surface area contributed by atoms with Crippen LogP contribution in [0.5, 0.6) is 0 Å². The zero-order valence-electron chi connectivity index (χ0n) is 7.75. The Bertz CT molecular complexity index is 188. The molecular weight excluding hydrogens is 172 g/mol. The van der Waals surface area contributed by atoms with E-state index in [2.05, 4.69) is 5.32 Å². The third kappa shape index (κ3) is 2.95. The fraction of sp³-hybridized carbons (Fsp3) is 0.875. The van der Waals surface area contributed by atoms with Gasteiger partial charge in [-0.1, -0.05) is 0 Å². The van der Waals surface area contributed by atoms with Crippen LogP contribution >= 0.6 is 0 Å². The highest BCUT2D eigenvalue weighted by atomic mass is 16.5. The van der Waals surface area contributed by atoms with Crippen molar-refractivity contribution in [1.82, 2.24) is 5.32 Å². The maximum absolute atomic E-state index is 11.1. The van der Waals surface area contributed by atoms with E-state index in [0.29, 0.717) is 13.0 Å². The molecule has 2 unspecified atom stereocenters. The number of nitrogens with two attached hydrogens (primary N) is 1. The Morgan fingerprint density at radius 1 is 1.85 bits per heavy atom. The van der Waals surface area contributed by atoms with Gasteiger partial charge in [-0.25, -0.2) is 0 Å². The van der Waals surface area contributed by atoms with Crippen LogP contribution < -0.4 is 11.1 Å². The van der Waals surface area contributed by atoms with Crippen molar-refractivity contribution in [2.75, 3.05) is 19.8 Å². The summed E-state index contributed by atoms with van der Waals surface area (Å²) in [5.74, 6) is -0.250. The zero-order chi connectivity index (χ0) is 9.90. The summed E-state index contributed by atoms with van der Waals surface area (Å²) in [4.78, 5) is 11.1. The lowest BCUT2D eigenvalue weighted by atomic mass is 10.0. The molecule has 1 aliphatic rings. The van der Waals surface area contributed by atoms with Gasteiger partial charge in [-0.2, -0.15) is 0 Å². The number of rotatable bonds is 3. The molecule has 13 heavy (non-hydrogen) atoms. The lowest BCUT2D eigenvalue weighted by molar-refractivity contribution is -0.123. The van der Waals surface area contributed by atoms with Crippen molar-refractivity contribution >= 4 is 5.91 Å². The number of carbonyl (C=O) groups is 1. The van der Waals surface area contributed by atoms with E-state index in [1.807, 2.05) is 0 Å². The highest BCUT2D eigenvalue weighted by Crippen LogP contribution is 2.16. The van der Waals surface area contributed by atoms with E-state index in [4.69, 9.17) is 10.5 Å². The van der Waals surface area contributed by atoms with Gasteiger partial charge >= 0.3 is 0 Å². The van der Waals surface area contributed by atoms with Gasteiger partial charge in [-0.15, -0.1) is 0 Å². The Morgan fingerprint density at radius 2 is 2.54 bits per heavy atom. The molecule has 0 saturated carbocycles. The van der Waals surface area contributed by atoms with E-state index in [1.54, 1.807) is 6.92 Å². The Balaban J connectivity index is 2.29. The second kappa shape index (κ2) is 4.04. The monoisotopic (exact) mass is 188 g/mol. The fourth-order valence-corrected chi connectivity index (χ4v) is 1.15.